The van der Waals surface area contributed by atoms with Gasteiger partial charge in [0.2, 0.25) is 11.8 Å². The number of nitrogens with two attached hydrogens (primary N) is 1. The molecule has 0 aliphatic rings. The van der Waals surface area contributed by atoms with Gasteiger partial charge < -0.3 is 25.8 Å². The summed E-state index contributed by atoms with van der Waals surface area (Å²) in [6, 6.07) is 15.7. The lowest BCUT2D eigenvalue weighted by Crippen LogP contribution is -2.54. The number of primary amides is 1. The zero-order chi connectivity index (χ0) is 23.3. The topological polar surface area (TPSA) is 137 Å². The van der Waals surface area contributed by atoms with Crippen molar-refractivity contribution in [2.75, 3.05) is 6.61 Å². The Balaban J connectivity index is 2.06. The molecule has 0 saturated heterocycles. The maximum Gasteiger partial charge on any atom is 0.408 e. The van der Waals surface area contributed by atoms with Gasteiger partial charge in [-0.2, -0.15) is 0 Å². The summed E-state index contributed by atoms with van der Waals surface area (Å²) in [6.45, 7) is 1.78. The van der Waals surface area contributed by atoms with E-state index in [0.29, 0.717) is 0 Å². The van der Waals surface area contributed by atoms with Crippen LogP contribution in [0.3, 0.4) is 0 Å². The lowest BCUT2D eigenvalue weighted by molar-refractivity contribution is -0.145. The fourth-order valence-corrected chi connectivity index (χ4v) is 2.85. The molecule has 0 spiro atoms. The van der Waals surface area contributed by atoms with Crippen LogP contribution < -0.4 is 16.4 Å². The molecule has 0 aliphatic heterocycles. The van der Waals surface area contributed by atoms with Crippen LogP contribution in [0.2, 0.25) is 0 Å². The highest BCUT2D eigenvalue weighted by Crippen LogP contribution is 2.06. The Bertz CT molecular complexity index is 904. The van der Waals surface area contributed by atoms with Crippen molar-refractivity contribution in [1.82, 2.24) is 10.6 Å². The Kier molecular flexibility index (Phi) is 9.70. The zero-order valence-corrected chi connectivity index (χ0v) is 17.8. The highest BCUT2D eigenvalue weighted by molar-refractivity contribution is 5.93. The van der Waals surface area contributed by atoms with Crippen LogP contribution in [0.4, 0.5) is 4.79 Å². The van der Waals surface area contributed by atoms with Gasteiger partial charge in [0.15, 0.2) is 0 Å². The molecule has 0 aromatic heterocycles. The molecule has 9 heteroatoms. The van der Waals surface area contributed by atoms with Crippen LogP contribution in [-0.4, -0.2) is 42.6 Å². The standard InChI is InChI=1S/C23H27N3O6/c1-2-31-20(27)14-18(21(24)28)25-22(29)19(13-16-9-5-3-6-10-16)26-23(30)32-15-17-11-7-4-8-12-17/h3-12,18-19H,2,13-15H2,1H3,(H2,24,28)(H,25,29)(H,26,30)/t18-,19+/m0/s1. The van der Waals surface area contributed by atoms with Gasteiger partial charge in [-0.3, -0.25) is 14.4 Å². The molecule has 2 aromatic carbocycles. The van der Waals surface area contributed by atoms with Gasteiger partial charge in [-0.25, -0.2) is 4.79 Å². The Labute approximate surface area is 186 Å². The Morgan fingerprint density at radius 2 is 1.44 bits per heavy atom. The summed E-state index contributed by atoms with van der Waals surface area (Å²) in [5.74, 6) is -2.25. The van der Waals surface area contributed by atoms with Crippen molar-refractivity contribution >= 4 is 23.9 Å². The molecule has 3 amide bonds. The number of carbonyl (C=O) groups excluding carboxylic acids is 4. The number of hydrogen-bond acceptors (Lipinski definition) is 6. The monoisotopic (exact) mass is 441 g/mol. The van der Waals surface area contributed by atoms with Gasteiger partial charge in [0.1, 0.15) is 18.7 Å². The number of nitrogens with one attached hydrogen (secondary N) is 2. The minimum atomic E-state index is -1.28. The first-order valence-electron chi connectivity index (χ1n) is 10.2. The molecule has 170 valence electrons. The van der Waals surface area contributed by atoms with Gasteiger partial charge in [-0.1, -0.05) is 60.7 Å². The maximum atomic E-state index is 12.9. The fraction of sp³-hybridized carbons (Fsp3) is 0.304. The van der Waals surface area contributed by atoms with E-state index in [4.69, 9.17) is 15.2 Å². The molecule has 0 radical (unpaired) electrons. The van der Waals surface area contributed by atoms with E-state index in [1.165, 1.54) is 0 Å². The third kappa shape index (κ3) is 8.47. The molecule has 0 heterocycles. The normalized spacial score (nSPS) is 12.2. The van der Waals surface area contributed by atoms with Crippen molar-refractivity contribution in [2.45, 2.75) is 38.5 Å². The van der Waals surface area contributed by atoms with Crippen molar-refractivity contribution in [1.29, 1.82) is 0 Å². The van der Waals surface area contributed by atoms with Crippen LogP contribution in [0.25, 0.3) is 0 Å². The Morgan fingerprint density at radius 3 is 2.00 bits per heavy atom. The fourth-order valence-electron chi connectivity index (χ4n) is 2.85. The van der Waals surface area contributed by atoms with Gasteiger partial charge >= 0.3 is 12.1 Å². The number of amides is 3. The van der Waals surface area contributed by atoms with Crippen molar-refractivity contribution in [3.05, 3.63) is 71.8 Å². The highest BCUT2D eigenvalue weighted by atomic mass is 16.5. The van der Waals surface area contributed by atoms with E-state index in [0.717, 1.165) is 11.1 Å². The number of benzene rings is 2. The molecule has 2 rings (SSSR count). The molecule has 2 aromatic rings. The second-order valence-electron chi connectivity index (χ2n) is 6.92. The number of rotatable bonds is 11. The van der Waals surface area contributed by atoms with E-state index in [2.05, 4.69) is 10.6 Å². The Hall–Kier alpha value is -3.88. The summed E-state index contributed by atoms with van der Waals surface area (Å²) in [4.78, 5) is 48.6. The van der Waals surface area contributed by atoms with Gasteiger partial charge in [-0.15, -0.1) is 0 Å². The molecule has 0 saturated carbocycles. The van der Waals surface area contributed by atoms with Gasteiger partial charge in [0, 0.05) is 6.42 Å². The lowest BCUT2D eigenvalue weighted by atomic mass is 10.0. The summed E-state index contributed by atoms with van der Waals surface area (Å²) in [7, 11) is 0. The van der Waals surface area contributed by atoms with Crippen LogP contribution in [0, 0.1) is 0 Å². The van der Waals surface area contributed by atoms with Crippen LogP contribution in [0.15, 0.2) is 60.7 Å². The average molecular weight is 441 g/mol. The van der Waals surface area contributed by atoms with Crippen molar-refractivity contribution < 1.29 is 28.7 Å². The van der Waals surface area contributed by atoms with E-state index in [1.54, 1.807) is 43.3 Å². The van der Waals surface area contributed by atoms with E-state index < -0.39 is 42.4 Å². The first-order valence-corrected chi connectivity index (χ1v) is 10.2. The quantitative estimate of drug-likeness (QED) is 0.452. The number of carbonyl (C=O) groups is 4. The maximum absolute atomic E-state index is 12.9. The zero-order valence-electron chi connectivity index (χ0n) is 17.8. The van der Waals surface area contributed by atoms with E-state index in [1.807, 2.05) is 24.3 Å². The minimum Gasteiger partial charge on any atom is -0.466 e. The molecule has 0 unspecified atom stereocenters. The van der Waals surface area contributed by atoms with E-state index in [9.17, 15) is 19.2 Å². The highest BCUT2D eigenvalue weighted by Gasteiger charge is 2.28. The van der Waals surface area contributed by atoms with Gasteiger partial charge in [-0.05, 0) is 18.1 Å². The van der Waals surface area contributed by atoms with Crippen LogP contribution in [0.1, 0.15) is 24.5 Å². The van der Waals surface area contributed by atoms with Crippen molar-refractivity contribution in [2.24, 2.45) is 5.73 Å². The van der Waals surface area contributed by atoms with Gasteiger partial charge in [0.05, 0.1) is 13.0 Å². The molecular formula is C23H27N3O6. The molecule has 9 nitrogen and oxygen atoms in total. The summed E-state index contributed by atoms with van der Waals surface area (Å²) in [6.07, 6.45) is -1.07. The summed E-state index contributed by atoms with van der Waals surface area (Å²) < 4.78 is 10.0. The largest absolute Gasteiger partial charge is 0.466 e. The molecular weight excluding hydrogens is 414 g/mol. The smallest absolute Gasteiger partial charge is 0.408 e. The second kappa shape index (κ2) is 12.7. The first-order chi connectivity index (χ1) is 15.4. The molecule has 32 heavy (non-hydrogen) atoms. The summed E-state index contributed by atoms with van der Waals surface area (Å²) >= 11 is 0. The van der Waals surface area contributed by atoms with Crippen molar-refractivity contribution in [3.63, 3.8) is 0 Å². The van der Waals surface area contributed by atoms with Crippen LogP contribution in [-0.2, 0) is 36.9 Å². The number of esters is 1. The first kappa shape index (κ1) is 24.4. The third-order valence-corrected chi connectivity index (χ3v) is 4.44. The predicted octanol–water partition coefficient (Wildman–Crippen LogP) is 1.45. The molecule has 0 bridgehead atoms. The number of ether oxygens (including phenoxy) is 2. The van der Waals surface area contributed by atoms with Crippen LogP contribution >= 0.6 is 0 Å². The van der Waals surface area contributed by atoms with Gasteiger partial charge in [0.25, 0.3) is 0 Å². The SMILES string of the molecule is CCOC(=O)C[C@H](NC(=O)[C@@H](Cc1ccccc1)NC(=O)OCc1ccccc1)C(N)=O. The van der Waals surface area contributed by atoms with Crippen LogP contribution in [0.5, 0.6) is 0 Å². The second-order valence-corrected chi connectivity index (χ2v) is 6.92. The molecule has 0 aliphatic carbocycles. The van der Waals surface area contributed by atoms with Crippen molar-refractivity contribution in [3.8, 4) is 0 Å². The number of hydrogen-bond donors (Lipinski definition) is 3. The lowest BCUT2D eigenvalue weighted by Gasteiger charge is -2.21. The number of alkyl carbamates (subject to hydrolysis) is 1. The van der Waals surface area contributed by atoms with E-state index in [-0.39, 0.29) is 19.6 Å². The third-order valence-electron chi connectivity index (χ3n) is 4.44. The molecule has 0 fully saturated rings. The summed E-state index contributed by atoms with van der Waals surface area (Å²) in [5, 5.41) is 4.94. The molecule has 2 atom stereocenters. The summed E-state index contributed by atoms with van der Waals surface area (Å²) in [5.41, 5.74) is 6.88. The van der Waals surface area contributed by atoms with E-state index >= 15 is 0 Å². The molecule has 4 N–H and O–H groups in total. The Morgan fingerprint density at radius 1 is 0.844 bits per heavy atom. The predicted molar refractivity (Wildman–Crippen MR) is 116 cm³/mol. The average Bonchev–Trinajstić information content (AvgIpc) is 2.78. The minimum absolute atomic E-state index is 0.0269.